The van der Waals surface area contributed by atoms with Gasteiger partial charge in [0.2, 0.25) is 15.9 Å². The van der Waals surface area contributed by atoms with Gasteiger partial charge in [0.1, 0.15) is 0 Å². The number of rotatable bonds is 6. The van der Waals surface area contributed by atoms with Crippen molar-refractivity contribution in [3.05, 3.63) is 29.8 Å². The molecule has 0 radical (unpaired) electrons. The monoisotopic (exact) mass is 382 g/mol. The van der Waals surface area contributed by atoms with Gasteiger partial charge in [0.25, 0.3) is 0 Å². The third-order valence-corrected chi connectivity index (χ3v) is 7.09. The lowest BCUT2D eigenvalue weighted by molar-refractivity contribution is -0.134. The van der Waals surface area contributed by atoms with Crippen LogP contribution < -0.4 is 5.32 Å². The highest BCUT2D eigenvalue weighted by molar-refractivity contribution is 7.89. The van der Waals surface area contributed by atoms with Crippen LogP contribution >= 0.6 is 0 Å². The third kappa shape index (κ3) is 4.64. The maximum Gasteiger partial charge on any atom is 0.243 e. The van der Waals surface area contributed by atoms with Gasteiger partial charge in [-0.2, -0.15) is 4.31 Å². The van der Waals surface area contributed by atoms with Crippen LogP contribution in [0.4, 0.5) is 0 Å². The number of amides is 1. The van der Waals surface area contributed by atoms with E-state index in [-0.39, 0.29) is 12.5 Å². The summed E-state index contributed by atoms with van der Waals surface area (Å²) in [6.07, 6.45) is 1.60. The Morgan fingerprint density at radius 1 is 1.23 bits per heavy atom. The van der Waals surface area contributed by atoms with Gasteiger partial charge in [0.05, 0.1) is 15.9 Å². The maximum atomic E-state index is 12.8. The van der Waals surface area contributed by atoms with E-state index < -0.39 is 21.0 Å². The van der Waals surface area contributed by atoms with Crippen molar-refractivity contribution < 1.29 is 18.3 Å². The number of hydrogen-bond donors (Lipinski definition) is 2. The van der Waals surface area contributed by atoms with Gasteiger partial charge < -0.3 is 10.4 Å². The van der Waals surface area contributed by atoms with Crippen molar-refractivity contribution in [3.63, 3.8) is 0 Å². The second-order valence-corrected chi connectivity index (χ2v) is 9.78. The first-order chi connectivity index (χ1) is 12.0. The van der Waals surface area contributed by atoms with E-state index in [9.17, 15) is 18.3 Å². The van der Waals surface area contributed by atoms with Gasteiger partial charge in [-0.25, -0.2) is 8.42 Å². The van der Waals surface area contributed by atoms with Crippen molar-refractivity contribution in [1.29, 1.82) is 0 Å². The molecule has 1 saturated heterocycles. The van der Waals surface area contributed by atoms with Crippen molar-refractivity contribution in [2.24, 2.45) is 5.41 Å². The third-order valence-electron chi connectivity index (χ3n) is 5.18. The first-order valence-electron chi connectivity index (χ1n) is 9.08. The molecule has 2 rings (SSSR count). The summed E-state index contributed by atoms with van der Waals surface area (Å²) in [7, 11) is -3.54. The van der Waals surface area contributed by atoms with Crippen LogP contribution in [-0.4, -0.2) is 49.0 Å². The first-order valence-corrected chi connectivity index (χ1v) is 10.5. The molecule has 0 aliphatic carbocycles. The van der Waals surface area contributed by atoms with Gasteiger partial charge in [0.15, 0.2) is 0 Å². The quantitative estimate of drug-likeness (QED) is 0.788. The standard InChI is InChI=1S/C19H30N2O4S/c1-5-19(17(22)20-14-18(3,4)23)10-12-21(13-11-19)26(24,25)16-8-6-15(2)7-9-16/h6-9,23H,5,10-14H2,1-4H3,(H,20,22). The topological polar surface area (TPSA) is 86.7 Å². The van der Waals surface area contributed by atoms with Crippen LogP contribution in [0.5, 0.6) is 0 Å². The summed E-state index contributed by atoms with van der Waals surface area (Å²) in [5.74, 6) is -0.102. The lowest BCUT2D eigenvalue weighted by atomic mass is 9.75. The minimum Gasteiger partial charge on any atom is -0.389 e. The van der Waals surface area contributed by atoms with E-state index in [2.05, 4.69) is 5.32 Å². The zero-order valence-corrected chi connectivity index (χ0v) is 16.9. The summed E-state index contributed by atoms with van der Waals surface area (Å²) >= 11 is 0. The summed E-state index contributed by atoms with van der Waals surface area (Å²) in [6.45, 7) is 7.97. The number of hydrogen-bond acceptors (Lipinski definition) is 4. The van der Waals surface area contributed by atoms with Gasteiger partial charge in [-0.1, -0.05) is 24.6 Å². The predicted molar refractivity (Wildman–Crippen MR) is 101 cm³/mol. The van der Waals surface area contributed by atoms with Crippen LogP contribution in [0, 0.1) is 12.3 Å². The molecule has 1 aromatic carbocycles. The second kappa shape index (κ2) is 7.66. The normalized spacial score (nSPS) is 18.5. The van der Waals surface area contributed by atoms with E-state index in [0.717, 1.165) is 5.56 Å². The molecule has 1 aromatic rings. The Labute approximate surface area is 156 Å². The van der Waals surface area contributed by atoms with Crippen molar-refractivity contribution >= 4 is 15.9 Å². The van der Waals surface area contributed by atoms with E-state index in [4.69, 9.17) is 0 Å². The molecule has 1 heterocycles. The van der Waals surface area contributed by atoms with E-state index in [1.807, 2.05) is 13.8 Å². The summed E-state index contributed by atoms with van der Waals surface area (Å²) < 4.78 is 27.1. The Bertz CT molecular complexity index is 728. The van der Waals surface area contributed by atoms with Crippen molar-refractivity contribution in [1.82, 2.24) is 9.62 Å². The first kappa shape index (κ1) is 20.9. The molecule has 146 valence electrons. The highest BCUT2D eigenvalue weighted by Gasteiger charge is 2.42. The number of nitrogens with zero attached hydrogens (tertiary/aromatic N) is 1. The lowest BCUT2D eigenvalue weighted by Crippen LogP contribution is -2.51. The summed E-state index contributed by atoms with van der Waals surface area (Å²) in [5, 5.41) is 12.6. The maximum absolute atomic E-state index is 12.8. The molecule has 1 aliphatic rings. The Hall–Kier alpha value is -1.44. The minimum atomic E-state index is -3.54. The second-order valence-electron chi connectivity index (χ2n) is 7.85. The minimum absolute atomic E-state index is 0.102. The molecule has 0 atom stereocenters. The largest absolute Gasteiger partial charge is 0.389 e. The smallest absolute Gasteiger partial charge is 0.243 e. The Kier molecular flexibility index (Phi) is 6.15. The highest BCUT2D eigenvalue weighted by Crippen LogP contribution is 2.37. The fourth-order valence-corrected chi connectivity index (χ4v) is 4.68. The molecule has 0 spiro atoms. The lowest BCUT2D eigenvalue weighted by Gasteiger charge is -2.40. The Morgan fingerprint density at radius 3 is 2.23 bits per heavy atom. The molecule has 1 aliphatic heterocycles. The fraction of sp³-hybridized carbons (Fsp3) is 0.632. The van der Waals surface area contributed by atoms with E-state index >= 15 is 0 Å². The van der Waals surface area contributed by atoms with Crippen LogP contribution in [-0.2, 0) is 14.8 Å². The Morgan fingerprint density at radius 2 is 1.77 bits per heavy atom. The number of benzene rings is 1. The zero-order valence-electron chi connectivity index (χ0n) is 16.1. The van der Waals surface area contributed by atoms with Gasteiger partial charge in [0, 0.05) is 19.6 Å². The van der Waals surface area contributed by atoms with Crippen LogP contribution in [0.15, 0.2) is 29.2 Å². The average molecular weight is 383 g/mol. The van der Waals surface area contributed by atoms with Crippen molar-refractivity contribution in [3.8, 4) is 0 Å². The predicted octanol–water partition coefficient (Wildman–Crippen LogP) is 2.06. The average Bonchev–Trinajstić information content (AvgIpc) is 2.59. The van der Waals surface area contributed by atoms with E-state index in [1.54, 1.807) is 38.1 Å². The van der Waals surface area contributed by atoms with Gasteiger partial charge in [-0.15, -0.1) is 0 Å². The fourth-order valence-electron chi connectivity index (χ4n) is 3.24. The molecule has 6 nitrogen and oxygen atoms in total. The molecule has 1 amide bonds. The molecule has 0 bridgehead atoms. The molecule has 0 aromatic heterocycles. The number of carbonyl (C=O) groups excluding carboxylic acids is 1. The Balaban J connectivity index is 2.08. The van der Waals surface area contributed by atoms with Crippen molar-refractivity contribution in [2.45, 2.75) is 57.5 Å². The number of carbonyl (C=O) groups is 1. The van der Waals surface area contributed by atoms with E-state index in [0.29, 0.717) is 37.2 Å². The number of piperidine rings is 1. The van der Waals surface area contributed by atoms with Gasteiger partial charge in [-0.05, 0) is 52.2 Å². The number of nitrogens with one attached hydrogen (secondary N) is 1. The van der Waals surface area contributed by atoms with Crippen LogP contribution in [0.2, 0.25) is 0 Å². The van der Waals surface area contributed by atoms with Crippen LogP contribution in [0.25, 0.3) is 0 Å². The molecule has 2 N–H and O–H groups in total. The van der Waals surface area contributed by atoms with E-state index in [1.165, 1.54) is 4.31 Å². The van der Waals surface area contributed by atoms with Gasteiger partial charge in [-0.3, -0.25) is 4.79 Å². The summed E-state index contributed by atoms with van der Waals surface area (Å²) in [4.78, 5) is 13.0. The number of aryl methyl sites for hydroxylation is 1. The van der Waals surface area contributed by atoms with Crippen LogP contribution in [0.3, 0.4) is 0 Å². The highest BCUT2D eigenvalue weighted by atomic mass is 32.2. The molecular formula is C19H30N2O4S. The summed E-state index contributed by atoms with van der Waals surface area (Å²) in [6, 6.07) is 6.83. The SMILES string of the molecule is CCC1(C(=O)NCC(C)(C)O)CCN(S(=O)(=O)c2ccc(C)cc2)CC1. The molecule has 7 heteroatoms. The molecule has 26 heavy (non-hydrogen) atoms. The zero-order chi connectivity index (χ0) is 19.6. The van der Waals surface area contributed by atoms with Crippen molar-refractivity contribution in [2.75, 3.05) is 19.6 Å². The molecule has 1 fully saturated rings. The molecular weight excluding hydrogens is 352 g/mol. The number of aliphatic hydroxyl groups is 1. The van der Waals surface area contributed by atoms with Crippen LogP contribution in [0.1, 0.15) is 45.6 Å². The molecule has 0 saturated carbocycles. The number of sulfonamides is 1. The molecule has 0 unspecified atom stereocenters. The van der Waals surface area contributed by atoms with Gasteiger partial charge >= 0.3 is 0 Å². The summed E-state index contributed by atoms with van der Waals surface area (Å²) in [5.41, 5.74) is -0.541.